The van der Waals surface area contributed by atoms with Gasteiger partial charge in [-0.1, -0.05) is 35.0 Å². The monoisotopic (exact) mass is 467 g/mol. The molecule has 0 N–H and O–H groups in total. The maximum absolute atomic E-state index is 13.0. The number of nitriles is 1. The van der Waals surface area contributed by atoms with E-state index in [0.29, 0.717) is 43.7 Å². The lowest BCUT2D eigenvalue weighted by Gasteiger charge is -2.34. The second-order valence-electron chi connectivity index (χ2n) is 8.81. The molecule has 0 radical (unpaired) electrons. The van der Waals surface area contributed by atoms with Crippen molar-refractivity contribution in [3.63, 3.8) is 0 Å². The van der Waals surface area contributed by atoms with Crippen molar-refractivity contribution in [2.75, 3.05) is 31.1 Å². The number of rotatable bonds is 4. The number of hydrogen-bond acceptors (Lipinski definition) is 7. The Morgan fingerprint density at radius 2 is 1.66 bits per heavy atom. The summed E-state index contributed by atoms with van der Waals surface area (Å²) in [6.07, 6.45) is 0. The van der Waals surface area contributed by atoms with Gasteiger partial charge in [0.1, 0.15) is 6.07 Å². The Morgan fingerprint density at radius 1 is 0.943 bits per heavy atom. The number of anilines is 1. The fourth-order valence-corrected chi connectivity index (χ4v) is 4.10. The molecule has 1 fully saturated rings. The molecule has 8 nitrogen and oxygen atoms in total. The highest BCUT2D eigenvalue weighted by Gasteiger charge is 2.28. The van der Waals surface area contributed by atoms with Gasteiger partial charge in [-0.25, -0.2) is 0 Å². The number of benzene rings is 2. The second-order valence-corrected chi connectivity index (χ2v) is 8.81. The number of hydrogen-bond donors (Lipinski definition) is 0. The lowest BCUT2D eigenvalue weighted by Crippen LogP contribution is -2.49. The van der Waals surface area contributed by atoms with E-state index in [4.69, 9.17) is 8.94 Å². The lowest BCUT2D eigenvalue weighted by molar-refractivity contribution is 0.0735. The molecule has 2 aromatic carbocycles. The summed E-state index contributed by atoms with van der Waals surface area (Å²) in [5.74, 6) is 1.24. The summed E-state index contributed by atoms with van der Waals surface area (Å²) in [4.78, 5) is 21.1. The predicted molar refractivity (Wildman–Crippen MR) is 131 cm³/mol. The number of oxazole rings is 1. The van der Waals surface area contributed by atoms with Crippen LogP contribution in [-0.4, -0.2) is 47.1 Å². The number of piperazine rings is 1. The third-order valence-corrected chi connectivity index (χ3v) is 6.39. The minimum Gasteiger partial charge on any atom is -0.419 e. The highest BCUT2D eigenvalue weighted by molar-refractivity contribution is 5.93. The molecule has 5 rings (SSSR count). The van der Waals surface area contributed by atoms with Gasteiger partial charge in [0.25, 0.3) is 5.91 Å². The Labute approximate surface area is 203 Å². The Hall–Kier alpha value is -4.38. The van der Waals surface area contributed by atoms with Crippen LogP contribution in [0.2, 0.25) is 0 Å². The molecule has 0 bridgehead atoms. The van der Waals surface area contributed by atoms with E-state index in [-0.39, 0.29) is 17.3 Å². The van der Waals surface area contributed by atoms with Crippen LogP contribution in [0.1, 0.15) is 32.9 Å². The van der Waals surface area contributed by atoms with E-state index < -0.39 is 0 Å². The zero-order chi connectivity index (χ0) is 24.5. The summed E-state index contributed by atoms with van der Waals surface area (Å²) in [6, 6.07) is 17.6. The van der Waals surface area contributed by atoms with Crippen LogP contribution in [0, 0.1) is 32.1 Å². The van der Waals surface area contributed by atoms with Crippen molar-refractivity contribution >= 4 is 11.8 Å². The van der Waals surface area contributed by atoms with Crippen molar-refractivity contribution in [3.8, 4) is 28.8 Å². The number of carbonyl (C=O) groups excluding carboxylic acids is 1. The van der Waals surface area contributed by atoms with Crippen molar-refractivity contribution in [1.29, 1.82) is 5.26 Å². The largest absolute Gasteiger partial charge is 0.419 e. The predicted octanol–water partition coefficient (Wildman–Crippen LogP) is 4.76. The molecule has 8 heteroatoms. The first kappa shape index (κ1) is 22.4. The summed E-state index contributed by atoms with van der Waals surface area (Å²) in [6.45, 7) is 8.07. The van der Waals surface area contributed by atoms with Gasteiger partial charge in [0.15, 0.2) is 11.5 Å². The first-order valence-electron chi connectivity index (χ1n) is 11.5. The van der Waals surface area contributed by atoms with Crippen LogP contribution >= 0.6 is 0 Å². The molecule has 0 aliphatic carbocycles. The molecule has 1 aliphatic rings. The minimum atomic E-state index is -0.179. The van der Waals surface area contributed by atoms with E-state index in [2.05, 4.69) is 23.1 Å². The van der Waals surface area contributed by atoms with Gasteiger partial charge in [0, 0.05) is 43.4 Å². The van der Waals surface area contributed by atoms with Crippen LogP contribution in [0.3, 0.4) is 0 Å². The standard InChI is InChI=1S/C27H25N5O3/c1-17-4-7-20(8-5-17)25-29-23(16-28)27(34-25)32-12-10-31(11-13-32)26(33)22-15-24(35-30-22)21-9-6-18(2)19(3)14-21/h4-9,14-15H,10-13H2,1-3H3. The molecule has 0 spiro atoms. The third kappa shape index (κ3) is 4.41. The van der Waals surface area contributed by atoms with E-state index in [1.165, 1.54) is 5.56 Å². The quantitative estimate of drug-likeness (QED) is 0.427. The fraction of sp³-hybridized carbons (Fsp3) is 0.259. The molecular formula is C27H25N5O3. The fourth-order valence-electron chi connectivity index (χ4n) is 4.10. The van der Waals surface area contributed by atoms with E-state index in [1.54, 1.807) is 11.0 Å². The lowest BCUT2D eigenvalue weighted by atomic mass is 10.0. The summed E-state index contributed by atoms with van der Waals surface area (Å²) in [5, 5.41) is 13.6. The van der Waals surface area contributed by atoms with Crippen LogP contribution in [0.4, 0.5) is 5.88 Å². The van der Waals surface area contributed by atoms with E-state index >= 15 is 0 Å². The summed E-state index contributed by atoms with van der Waals surface area (Å²) < 4.78 is 11.4. The summed E-state index contributed by atoms with van der Waals surface area (Å²) >= 11 is 0. The molecule has 3 heterocycles. The Kier molecular flexibility index (Phi) is 5.83. The van der Waals surface area contributed by atoms with Crippen molar-refractivity contribution < 1.29 is 13.7 Å². The topological polar surface area (TPSA) is 99.4 Å². The van der Waals surface area contributed by atoms with Gasteiger partial charge in [-0.3, -0.25) is 4.79 Å². The van der Waals surface area contributed by atoms with Crippen molar-refractivity contribution in [2.24, 2.45) is 0 Å². The molecule has 1 saturated heterocycles. The first-order valence-corrected chi connectivity index (χ1v) is 11.5. The van der Waals surface area contributed by atoms with Gasteiger partial charge in [-0.2, -0.15) is 10.2 Å². The van der Waals surface area contributed by atoms with E-state index in [1.807, 2.05) is 61.2 Å². The average Bonchev–Trinajstić information content (AvgIpc) is 3.54. The van der Waals surface area contributed by atoms with Gasteiger partial charge < -0.3 is 18.7 Å². The number of aromatic nitrogens is 2. The van der Waals surface area contributed by atoms with Crippen LogP contribution in [0.15, 0.2) is 57.5 Å². The zero-order valence-corrected chi connectivity index (χ0v) is 19.9. The normalized spacial score (nSPS) is 13.7. The van der Waals surface area contributed by atoms with E-state index in [9.17, 15) is 10.1 Å². The maximum Gasteiger partial charge on any atom is 0.276 e. The van der Waals surface area contributed by atoms with Crippen LogP contribution in [-0.2, 0) is 0 Å². The van der Waals surface area contributed by atoms with Crippen molar-refractivity contribution in [2.45, 2.75) is 20.8 Å². The van der Waals surface area contributed by atoms with Gasteiger partial charge in [-0.05, 0) is 50.1 Å². The molecule has 1 aliphatic heterocycles. The number of amides is 1. The van der Waals surface area contributed by atoms with Crippen LogP contribution in [0.25, 0.3) is 22.8 Å². The Balaban J connectivity index is 1.27. The first-order chi connectivity index (χ1) is 16.9. The van der Waals surface area contributed by atoms with Crippen molar-refractivity contribution in [3.05, 3.63) is 76.6 Å². The third-order valence-electron chi connectivity index (χ3n) is 6.39. The molecule has 0 atom stereocenters. The van der Waals surface area contributed by atoms with Crippen molar-refractivity contribution in [1.82, 2.24) is 15.0 Å². The molecule has 4 aromatic rings. The Morgan fingerprint density at radius 3 is 2.34 bits per heavy atom. The van der Waals surface area contributed by atoms with Gasteiger partial charge in [0.2, 0.25) is 17.5 Å². The zero-order valence-electron chi connectivity index (χ0n) is 19.9. The Bertz CT molecular complexity index is 1420. The van der Waals surface area contributed by atoms with E-state index in [0.717, 1.165) is 22.3 Å². The molecule has 1 amide bonds. The molecule has 2 aromatic heterocycles. The van der Waals surface area contributed by atoms with Gasteiger partial charge in [0.05, 0.1) is 0 Å². The molecule has 176 valence electrons. The molecule has 0 saturated carbocycles. The number of nitrogens with zero attached hydrogens (tertiary/aromatic N) is 5. The maximum atomic E-state index is 13.0. The highest BCUT2D eigenvalue weighted by atomic mass is 16.5. The molecule has 35 heavy (non-hydrogen) atoms. The molecule has 0 unspecified atom stereocenters. The number of carbonyl (C=O) groups is 1. The number of aryl methyl sites for hydroxylation is 3. The summed E-state index contributed by atoms with van der Waals surface area (Å²) in [5.41, 5.74) is 5.72. The summed E-state index contributed by atoms with van der Waals surface area (Å²) in [7, 11) is 0. The van der Waals surface area contributed by atoms with Crippen LogP contribution in [0.5, 0.6) is 0 Å². The SMILES string of the molecule is Cc1ccc(-c2nc(C#N)c(N3CCN(C(=O)c4cc(-c5ccc(C)c(C)c5)on4)CC3)o2)cc1. The highest BCUT2D eigenvalue weighted by Crippen LogP contribution is 2.29. The van der Waals surface area contributed by atoms with Crippen LogP contribution < -0.4 is 4.90 Å². The van der Waals surface area contributed by atoms with Gasteiger partial charge >= 0.3 is 0 Å². The molecular weight excluding hydrogens is 442 g/mol. The minimum absolute atomic E-state index is 0.179. The smallest absolute Gasteiger partial charge is 0.276 e. The second kappa shape index (κ2) is 9.11. The van der Waals surface area contributed by atoms with Gasteiger partial charge in [-0.15, -0.1) is 0 Å². The average molecular weight is 468 g/mol.